The van der Waals surface area contributed by atoms with E-state index in [1.807, 2.05) is 0 Å². The maximum absolute atomic E-state index is 12.9. The van der Waals surface area contributed by atoms with Crippen molar-refractivity contribution in [2.45, 2.75) is 5.60 Å². The Morgan fingerprint density at radius 3 is 2.07 bits per heavy atom. The Balaban J connectivity index is 1.89. The summed E-state index contributed by atoms with van der Waals surface area (Å²) in [7, 11) is 0. The van der Waals surface area contributed by atoms with Gasteiger partial charge in [-0.25, -0.2) is 5.43 Å². The fraction of sp³-hybridized carbons (Fsp3) is 0.0476. The van der Waals surface area contributed by atoms with Crippen LogP contribution in [0, 0.1) is 0 Å². The number of aliphatic hydroxyl groups is 1. The summed E-state index contributed by atoms with van der Waals surface area (Å²) in [5.74, 6) is -0.782. The number of amides is 1. The molecule has 3 rings (SSSR count). The molecule has 0 aliphatic rings. The minimum absolute atomic E-state index is 0.0783. The molecule has 0 aliphatic carbocycles. The summed E-state index contributed by atoms with van der Waals surface area (Å²) in [4.78, 5) is 12.9. The maximum atomic E-state index is 12.9. The molecule has 0 bridgehead atoms. The van der Waals surface area contributed by atoms with Gasteiger partial charge in [-0.15, -0.1) is 0 Å². The highest BCUT2D eigenvalue weighted by molar-refractivity contribution is 9.10. The fourth-order valence-corrected chi connectivity index (χ4v) is 3.51. The van der Waals surface area contributed by atoms with Crippen LogP contribution in [0.4, 0.5) is 0 Å². The summed E-state index contributed by atoms with van der Waals surface area (Å²) >= 11 is 9.11. The van der Waals surface area contributed by atoms with E-state index in [0.717, 1.165) is 0 Å². The van der Waals surface area contributed by atoms with Gasteiger partial charge in [-0.2, -0.15) is 5.10 Å². The summed E-state index contributed by atoms with van der Waals surface area (Å²) in [6.07, 6.45) is 1.37. The Hall–Kier alpha value is -2.67. The molecule has 3 aromatic carbocycles. The van der Waals surface area contributed by atoms with E-state index < -0.39 is 11.5 Å². The molecule has 0 aromatic heterocycles. The van der Waals surface area contributed by atoms with E-state index in [9.17, 15) is 15.0 Å². The zero-order valence-corrected chi connectivity index (χ0v) is 16.9. The van der Waals surface area contributed by atoms with E-state index in [2.05, 4.69) is 26.5 Å². The van der Waals surface area contributed by atoms with Crippen molar-refractivity contribution in [3.8, 4) is 5.75 Å². The molecule has 3 aromatic rings. The summed E-state index contributed by atoms with van der Waals surface area (Å²) in [6, 6.07) is 20.4. The molecule has 0 aliphatic heterocycles. The third kappa shape index (κ3) is 4.09. The molecule has 5 nitrogen and oxygen atoms in total. The van der Waals surface area contributed by atoms with E-state index in [-0.39, 0.29) is 10.8 Å². The number of hydrogen-bond acceptors (Lipinski definition) is 4. The smallest absolute Gasteiger partial charge is 0.281 e. The predicted octanol–water partition coefficient (Wildman–Crippen LogP) is 4.19. The third-order valence-corrected chi connectivity index (χ3v) is 5.02. The second-order valence-corrected chi connectivity index (χ2v) is 7.24. The molecule has 0 fully saturated rings. The number of phenolic OH excluding ortho intramolecular Hbond substituents is 1. The van der Waals surface area contributed by atoms with Crippen LogP contribution in [-0.4, -0.2) is 22.3 Å². The lowest BCUT2D eigenvalue weighted by molar-refractivity contribution is -0.136. The van der Waals surface area contributed by atoms with Crippen molar-refractivity contribution < 1.29 is 15.0 Å². The number of nitrogens with zero attached hydrogens (tertiary/aromatic N) is 1. The van der Waals surface area contributed by atoms with Gasteiger partial charge in [0.25, 0.3) is 5.91 Å². The lowest BCUT2D eigenvalue weighted by Gasteiger charge is -2.27. The number of hydrogen-bond donors (Lipinski definition) is 3. The number of rotatable bonds is 5. The summed E-state index contributed by atoms with van der Waals surface area (Å²) in [5, 5.41) is 25.0. The van der Waals surface area contributed by atoms with Crippen LogP contribution in [0.1, 0.15) is 16.7 Å². The lowest BCUT2D eigenvalue weighted by atomic mass is 9.85. The minimum Gasteiger partial charge on any atom is -0.505 e. The number of halogens is 2. The van der Waals surface area contributed by atoms with Gasteiger partial charge in [-0.05, 0) is 44.8 Å². The molecular weight excluding hydrogens is 444 g/mol. The third-order valence-electron chi connectivity index (χ3n) is 4.13. The van der Waals surface area contributed by atoms with E-state index in [1.54, 1.807) is 66.7 Å². The molecule has 0 radical (unpaired) electrons. The normalized spacial score (nSPS) is 11.5. The number of aromatic hydroxyl groups is 1. The minimum atomic E-state index is -1.91. The highest BCUT2D eigenvalue weighted by atomic mass is 79.9. The van der Waals surface area contributed by atoms with Gasteiger partial charge in [0.2, 0.25) is 0 Å². The van der Waals surface area contributed by atoms with Gasteiger partial charge in [0.05, 0.1) is 15.7 Å². The predicted molar refractivity (Wildman–Crippen MR) is 112 cm³/mol. The lowest BCUT2D eigenvalue weighted by Crippen LogP contribution is -2.43. The Labute approximate surface area is 175 Å². The topological polar surface area (TPSA) is 81.9 Å². The molecule has 0 saturated heterocycles. The number of benzene rings is 3. The van der Waals surface area contributed by atoms with Crippen LogP contribution in [0.25, 0.3) is 0 Å². The van der Waals surface area contributed by atoms with Gasteiger partial charge in [-0.3, -0.25) is 4.79 Å². The standard InChI is InChI=1S/C21H16BrClN2O3/c22-17-11-14(12-18(23)19(17)26)13-24-25-20(27)21(28,15-7-3-1-4-8-15)16-9-5-2-6-10-16/h1-13,26,28H,(H,25,27). The number of hydrazone groups is 1. The van der Waals surface area contributed by atoms with E-state index in [1.165, 1.54) is 12.3 Å². The van der Waals surface area contributed by atoms with Crippen molar-refractivity contribution in [2.75, 3.05) is 0 Å². The summed E-state index contributed by atoms with van der Waals surface area (Å²) in [5.41, 5.74) is 1.87. The van der Waals surface area contributed by atoms with Crippen LogP contribution in [-0.2, 0) is 10.4 Å². The van der Waals surface area contributed by atoms with Crippen LogP contribution in [0.2, 0.25) is 5.02 Å². The van der Waals surface area contributed by atoms with Gasteiger partial charge in [0.15, 0.2) is 5.60 Å². The first kappa shape index (κ1) is 20.1. The van der Waals surface area contributed by atoms with Crippen molar-refractivity contribution in [2.24, 2.45) is 5.10 Å². The van der Waals surface area contributed by atoms with Gasteiger partial charge < -0.3 is 10.2 Å². The molecule has 28 heavy (non-hydrogen) atoms. The van der Waals surface area contributed by atoms with E-state index in [4.69, 9.17) is 11.6 Å². The first-order chi connectivity index (χ1) is 13.4. The Kier molecular flexibility index (Phi) is 6.14. The molecule has 0 unspecified atom stereocenters. The van der Waals surface area contributed by atoms with E-state index >= 15 is 0 Å². The van der Waals surface area contributed by atoms with E-state index in [0.29, 0.717) is 21.2 Å². The van der Waals surface area contributed by atoms with Crippen molar-refractivity contribution in [3.63, 3.8) is 0 Å². The molecular formula is C21H16BrClN2O3. The molecule has 7 heteroatoms. The largest absolute Gasteiger partial charge is 0.505 e. The average molecular weight is 460 g/mol. The van der Waals surface area contributed by atoms with Crippen molar-refractivity contribution in [3.05, 3.63) is 99.0 Å². The van der Waals surface area contributed by atoms with Gasteiger partial charge in [0, 0.05) is 0 Å². The van der Waals surface area contributed by atoms with Crippen LogP contribution in [0.5, 0.6) is 5.75 Å². The number of carbonyl (C=O) groups excluding carboxylic acids is 1. The van der Waals surface area contributed by atoms with Crippen LogP contribution in [0.3, 0.4) is 0 Å². The van der Waals surface area contributed by atoms with Crippen LogP contribution >= 0.6 is 27.5 Å². The van der Waals surface area contributed by atoms with Crippen LogP contribution in [0.15, 0.2) is 82.4 Å². The van der Waals surface area contributed by atoms with Crippen molar-refractivity contribution >= 4 is 39.7 Å². The van der Waals surface area contributed by atoms with Crippen molar-refractivity contribution in [1.82, 2.24) is 5.43 Å². The zero-order chi connectivity index (χ0) is 20.1. The van der Waals surface area contributed by atoms with Crippen LogP contribution < -0.4 is 5.43 Å². The number of carbonyl (C=O) groups is 1. The first-order valence-corrected chi connectivity index (χ1v) is 9.45. The zero-order valence-electron chi connectivity index (χ0n) is 14.5. The molecule has 0 atom stereocenters. The first-order valence-electron chi connectivity index (χ1n) is 8.28. The highest BCUT2D eigenvalue weighted by Gasteiger charge is 2.39. The van der Waals surface area contributed by atoms with Gasteiger partial charge in [0.1, 0.15) is 5.75 Å². The molecule has 0 spiro atoms. The molecule has 0 saturated carbocycles. The highest BCUT2D eigenvalue weighted by Crippen LogP contribution is 2.32. The molecule has 1 amide bonds. The number of phenols is 1. The Morgan fingerprint density at radius 2 is 1.57 bits per heavy atom. The average Bonchev–Trinajstić information content (AvgIpc) is 2.72. The van der Waals surface area contributed by atoms with Crippen molar-refractivity contribution in [1.29, 1.82) is 0 Å². The second kappa shape index (κ2) is 8.56. The summed E-state index contributed by atoms with van der Waals surface area (Å²) in [6.45, 7) is 0. The molecule has 0 heterocycles. The monoisotopic (exact) mass is 458 g/mol. The van der Waals surface area contributed by atoms with Gasteiger partial charge >= 0.3 is 0 Å². The second-order valence-electron chi connectivity index (χ2n) is 5.97. The summed E-state index contributed by atoms with van der Waals surface area (Å²) < 4.78 is 0.401. The molecule has 3 N–H and O–H groups in total. The Morgan fingerprint density at radius 1 is 1.04 bits per heavy atom. The fourth-order valence-electron chi connectivity index (χ4n) is 2.69. The quantitative estimate of drug-likeness (QED) is 0.395. The number of nitrogens with one attached hydrogen (secondary N) is 1. The maximum Gasteiger partial charge on any atom is 0.281 e. The Bertz CT molecular complexity index is 948. The SMILES string of the molecule is O=C(NN=Cc1cc(Cl)c(O)c(Br)c1)C(O)(c1ccccc1)c1ccccc1. The van der Waals surface area contributed by atoms with Gasteiger partial charge in [-0.1, -0.05) is 72.3 Å². The molecule has 142 valence electrons.